The van der Waals surface area contributed by atoms with Gasteiger partial charge in [-0.3, -0.25) is 0 Å². The average molecular weight is 210 g/mol. The number of halogens is 2. The molecule has 0 bridgehead atoms. The van der Waals surface area contributed by atoms with Crippen LogP contribution in [0.2, 0.25) is 0 Å². The zero-order valence-electron chi connectivity index (χ0n) is 7.74. The SMILES string of the molecule is C=Cc1cc(F)c(C2OC=CO2)c(F)c1. The second-order valence-electron chi connectivity index (χ2n) is 2.98. The van der Waals surface area contributed by atoms with E-state index in [0.29, 0.717) is 5.56 Å². The van der Waals surface area contributed by atoms with Gasteiger partial charge in [-0.15, -0.1) is 0 Å². The number of benzene rings is 1. The van der Waals surface area contributed by atoms with Gasteiger partial charge in [-0.2, -0.15) is 0 Å². The Morgan fingerprint density at radius 1 is 1.13 bits per heavy atom. The van der Waals surface area contributed by atoms with Gasteiger partial charge in [-0.1, -0.05) is 12.7 Å². The van der Waals surface area contributed by atoms with Crippen LogP contribution in [0, 0.1) is 11.6 Å². The van der Waals surface area contributed by atoms with Crippen molar-refractivity contribution < 1.29 is 18.3 Å². The van der Waals surface area contributed by atoms with E-state index in [9.17, 15) is 8.78 Å². The maximum atomic E-state index is 13.5. The van der Waals surface area contributed by atoms with E-state index in [1.165, 1.54) is 30.7 Å². The number of hydrogen-bond donors (Lipinski definition) is 0. The third kappa shape index (κ3) is 1.70. The summed E-state index contributed by atoms with van der Waals surface area (Å²) in [5, 5.41) is 0. The van der Waals surface area contributed by atoms with E-state index in [2.05, 4.69) is 6.58 Å². The molecule has 0 radical (unpaired) electrons. The lowest BCUT2D eigenvalue weighted by Gasteiger charge is -2.12. The van der Waals surface area contributed by atoms with Crippen LogP contribution in [0.1, 0.15) is 17.4 Å². The van der Waals surface area contributed by atoms with Crippen molar-refractivity contribution in [1.29, 1.82) is 0 Å². The van der Waals surface area contributed by atoms with Crippen molar-refractivity contribution in [2.24, 2.45) is 0 Å². The maximum Gasteiger partial charge on any atom is 0.272 e. The fourth-order valence-electron chi connectivity index (χ4n) is 1.32. The molecule has 0 fully saturated rings. The quantitative estimate of drug-likeness (QED) is 0.746. The fourth-order valence-corrected chi connectivity index (χ4v) is 1.32. The molecule has 2 rings (SSSR count). The molecule has 1 heterocycles. The molecule has 1 aliphatic rings. The van der Waals surface area contributed by atoms with Crippen LogP contribution < -0.4 is 0 Å². The van der Waals surface area contributed by atoms with Gasteiger partial charge in [0.15, 0.2) is 0 Å². The predicted molar refractivity (Wildman–Crippen MR) is 50.5 cm³/mol. The molecule has 0 saturated heterocycles. The van der Waals surface area contributed by atoms with Crippen LogP contribution in [0.5, 0.6) is 0 Å². The van der Waals surface area contributed by atoms with E-state index >= 15 is 0 Å². The highest BCUT2D eigenvalue weighted by atomic mass is 19.1. The number of ether oxygens (including phenoxy) is 2. The molecule has 15 heavy (non-hydrogen) atoms. The van der Waals surface area contributed by atoms with Gasteiger partial charge in [0.1, 0.15) is 29.7 Å². The molecule has 0 unspecified atom stereocenters. The van der Waals surface area contributed by atoms with Crippen LogP contribution in [0.25, 0.3) is 6.08 Å². The molecule has 0 amide bonds. The smallest absolute Gasteiger partial charge is 0.272 e. The van der Waals surface area contributed by atoms with Crippen molar-refractivity contribution in [3.63, 3.8) is 0 Å². The number of rotatable bonds is 2. The summed E-state index contributed by atoms with van der Waals surface area (Å²) in [6, 6.07) is 2.35. The van der Waals surface area contributed by atoms with Crippen LogP contribution in [0.4, 0.5) is 8.78 Å². The summed E-state index contributed by atoms with van der Waals surface area (Å²) in [4.78, 5) is 0. The number of hydrogen-bond acceptors (Lipinski definition) is 2. The molecule has 0 saturated carbocycles. The Labute approximate surface area is 85.4 Å². The highest BCUT2D eigenvalue weighted by Crippen LogP contribution is 2.29. The van der Waals surface area contributed by atoms with Crippen molar-refractivity contribution >= 4 is 6.08 Å². The largest absolute Gasteiger partial charge is 0.455 e. The van der Waals surface area contributed by atoms with Crippen molar-refractivity contribution in [1.82, 2.24) is 0 Å². The Balaban J connectivity index is 2.42. The molecule has 78 valence electrons. The Morgan fingerprint density at radius 2 is 1.67 bits per heavy atom. The van der Waals surface area contributed by atoms with Crippen LogP contribution in [0.15, 0.2) is 31.2 Å². The van der Waals surface area contributed by atoms with Gasteiger partial charge in [0.2, 0.25) is 0 Å². The van der Waals surface area contributed by atoms with Gasteiger partial charge < -0.3 is 9.47 Å². The van der Waals surface area contributed by atoms with Crippen LogP contribution in [0.3, 0.4) is 0 Å². The Bertz CT molecular complexity index is 396. The Hall–Kier alpha value is -1.84. The molecule has 0 atom stereocenters. The summed E-state index contributed by atoms with van der Waals surface area (Å²) >= 11 is 0. The lowest BCUT2D eigenvalue weighted by molar-refractivity contribution is -0.0298. The van der Waals surface area contributed by atoms with Crippen LogP contribution >= 0.6 is 0 Å². The first-order valence-electron chi connectivity index (χ1n) is 4.29. The van der Waals surface area contributed by atoms with Crippen molar-refractivity contribution in [3.8, 4) is 0 Å². The van der Waals surface area contributed by atoms with Gasteiger partial charge in [-0.25, -0.2) is 8.78 Å². The lowest BCUT2D eigenvalue weighted by Crippen LogP contribution is -2.05. The summed E-state index contributed by atoms with van der Waals surface area (Å²) in [6.45, 7) is 3.43. The third-order valence-corrected chi connectivity index (χ3v) is 2.03. The Kier molecular flexibility index (Phi) is 2.41. The van der Waals surface area contributed by atoms with Crippen molar-refractivity contribution in [2.75, 3.05) is 0 Å². The molecule has 1 aromatic rings. The summed E-state index contributed by atoms with van der Waals surface area (Å²) in [5.41, 5.74) is 0.144. The van der Waals surface area contributed by atoms with E-state index in [-0.39, 0.29) is 5.56 Å². The van der Waals surface area contributed by atoms with Gasteiger partial charge in [0.25, 0.3) is 6.29 Å². The summed E-state index contributed by atoms with van der Waals surface area (Å²) < 4.78 is 36.7. The molecule has 0 spiro atoms. The predicted octanol–water partition coefficient (Wildman–Crippen LogP) is 3.12. The van der Waals surface area contributed by atoms with Gasteiger partial charge >= 0.3 is 0 Å². The normalized spacial score (nSPS) is 14.8. The zero-order chi connectivity index (χ0) is 10.8. The molecule has 0 N–H and O–H groups in total. The molecule has 0 aromatic heterocycles. The molecule has 1 aliphatic heterocycles. The topological polar surface area (TPSA) is 18.5 Å². The van der Waals surface area contributed by atoms with Crippen LogP contribution in [-0.4, -0.2) is 0 Å². The highest BCUT2D eigenvalue weighted by Gasteiger charge is 2.24. The molecule has 4 heteroatoms. The van der Waals surface area contributed by atoms with E-state index in [1.54, 1.807) is 0 Å². The third-order valence-electron chi connectivity index (χ3n) is 2.03. The van der Waals surface area contributed by atoms with Crippen molar-refractivity contribution in [2.45, 2.75) is 6.29 Å². The first-order chi connectivity index (χ1) is 7.22. The standard InChI is InChI=1S/C11H8F2O2/c1-2-7-5-8(12)10(9(13)6-7)11-14-3-4-15-11/h2-6,11H,1H2. The minimum Gasteiger partial charge on any atom is -0.455 e. The van der Waals surface area contributed by atoms with E-state index in [0.717, 1.165) is 0 Å². The van der Waals surface area contributed by atoms with Crippen molar-refractivity contribution in [3.05, 3.63) is 54.0 Å². The second kappa shape index (κ2) is 3.73. The summed E-state index contributed by atoms with van der Waals surface area (Å²) in [7, 11) is 0. The van der Waals surface area contributed by atoms with E-state index in [4.69, 9.17) is 9.47 Å². The zero-order valence-corrected chi connectivity index (χ0v) is 7.74. The first kappa shape index (κ1) is 9.71. The van der Waals surface area contributed by atoms with E-state index < -0.39 is 17.9 Å². The molecular formula is C11H8F2O2. The second-order valence-corrected chi connectivity index (χ2v) is 2.98. The lowest BCUT2D eigenvalue weighted by atomic mass is 10.1. The maximum absolute atomic E-state index is 13.5. The van der Waals surface area contributed by atoms with Gasteiger partial charge in [0.05, 0.1) is 0 Å². The molecule has 2 nitrogen and oxygen atoms in total. The monoisotopic (exact) mass is 210 g/mol. The minimum absolute atomic E-state index is 0.231. The summed E-state index contributed by atoms with van der Waals surface area (Å²) in [6.07, 6.45) is 2.81. The molecule has 0 aliphatic carbocycles. The van der Waals surface area contributed by atoms with E-state index in [1.807, 2.05) is 0 Å². The molecule has 1 aromatic carbocycles. The Morgan fingerprint density at radius 3 is 2.13 bits per heavy atom. The fraction of sp³-hybridized carbons (Fsp3) is 0.0909. The van der Waals surface area contributed by atoms with Gasteiger partial charge in [0, 0.05) is 0 Å². The minimum atomic E-state index is -1.04. The molecular weight excluding hydrogens is 202 g/mol. The highest BCUT2D eigenvalue weighted by molar-refractivity contribution is 5.48. The summed E-state index contributed by atoms with van der Waals surface area (Å²) in [5.74, 6) is -1.42. The van der Waals surface area contributed by atoms with Crippen LogP contribution in [-0.2, 0) is 9.47 Å². The average Bonchev–Trinajstić information content (AvgIpc) is 2.69. The van der Waals surface area contributed by atoms with Gasteiger partial charge in [-0.05, 0) is 17.7 Å². The first-order valence-corrected chi connectivity index (χ1v) is 4.29.